The Morgan fingerprint density at radius 2 is 2.05 bits per heavy atom. The van der Waals surface area contributed by atoms with E-state index in [-0.39, 0.29) is 11.8 Å². The van der Waals surface area contributed by atoms with Crippen molar-refractivity contribution in [2.45, 2.75) is 25.2 Å². The smallest absolute Gasteiger partial charge is 0.231 e. The molecule has 1 aliphatic rings. The van der Waals surface area contributed by atoms with Crippen molar-refractivity contribution >= 4 is 33.2 Å². The summed E-state index contributed by atoms with van der Waals surface area (Å²) >= 11 is 3.36. The fourth-order valence-electron chi connectivity index (χ4n) is 2.88. The third kappa shape index (κ3) is 2.95. The molecule has 3 rings (SSSR count). The lowest BCUT2D eigenvalue weighted by atomic mass is 9.82. The largest absolute Gasteiger partial charge is 0.398 e. The molecule has 2 aromatic carbocycles. The second-order valence-corrected chi connectivity index (χ2v) is 6.22. The van der Waals surface area contributed by atoms with Gasteiger partial charge in [-0.3, -0.25) is 4.79 Å². The third-order valence-corrected chi connectivity index (χ3v) is 4.67. The van der Waals surface area contributed by atoms with Crippen molar-refractivity contribution in [3.63, 3.8) is 0 Å². The molecule has 2 aromatic rings. The molecule has 0 saturated heterocycles. The highest BCUT2D eigenvalue weighted by Gasteiger charge is 2.26. The molecule has 1 atom stereocenters. The molecule has 0 fully saturated rings. The molecule has 1 amide bonds. The van der Waals surface area contributed by atoms with Gasteiger partial charge < -0.3 is 11.1 Å². The van der Waals surface area contributed by atoms with Crippen molar-refractivity contribution in [1.29, 1.82) is 0 Å². The first-order valence-electron chi connectivity index (χ1n) is 7.09. The highest BCUT2D eigenvalue weighted by Crippen LogP contribution is 2.32. The molecule has 0 aliphatic heterocycles. The van der Waals surface area contributed by atoms with E-state index in [1.807, 2.05) is 24.3 Å². The number of carbonyl (C=O) groups is 1. The first-order valence-corrected chi connectivity index (χ1v) is 7.88. The van der Waals surface area contributed by atoms with Gasteiger partial charge in [0.25, 0.3) is 0 Å². The van der Waals surface area contributed by atoms with E-state index in [2.05, 4.69) is 33.4 Å². The SMILES string of the molecule is Nc1cc(NC(=O)C2CCCc3ccccc32)ccc1Br. The Morgan fingerprint density at radius 3 is 2.86 bits per heavy atom. The van der Waals surface area contributed by atoms with E-state index in [4.69, 9.17) is 5.73 Å². The van der Waals surface area contributed by atoms with Gasteiger partial charge in [-0.15, -0.1) is 0 Å². The van der Waals surface area contributed by atoms with Crippen LogP contribution in [-0.4, -0.2) is 5.91 Å². The maximum absolute atomic E-state index is 12.6. The molecule has 1 aliphatic carbocycles. The number of anilines is 2. The quantitative estimate of drug-likeness (QED) is 0.806. The van der Waals surface area contributed by atoms with Crippen molar-refractivity contribution in [3.05, 3.63) is 58.1 Å². The average Bonchev–Trinajstić information content (AvgIpc) is 2.50. The number of halogens is 1. The number of hydrogen-bond acceptors (Lipinski definition) is 2. The summed E-state index contributed by atoms with van der Waals surface area (Å²) in [6, 6.07) is 13.7. The summed E-state index contributed by atoms with van der Waals surface area (Å²) in [5.41, 5.74) is 9.66. The molecule has 21 heavy (non-hydrogen) atoms. The zero-order chi connectivity index (χ0) is 14.8. The van der Waals surface area contributed by atoms with Crippen LogP contribution in [0.15, 0.2) is 46.9 Å². The zero-order valence-electron chi connectivity index (χ0n) is 11.6. The molecule has 4 heteroatoms. The molecule has 0 radical (unpaired) electrons. The predicted molar refractivity (Wildman–Crippen MR) is 89.3 cm³/mol. The van der Waals surface area contributed by atoms with Crippen molar-refractivity contribution < 1.29 is 4.79 Å². The number of benzene rings is 2. The Hall–Kier alpha value is -1.81. The summed E-state index contributed by atoms with van der Waals surface area (Å²) in [5, 5.41) is 2.98. The fourth-order valence-corrected chi connectivity index (χ4v) is 3.12. The van der Waals surface area contributed by atoms with Gasteiger partial charge in [-0.05, 0) is 64.5 Å². The van der Waals surface area contributed by atoms with Gasteiger partial charge in [0, 0.05) is 15.8 Å². The lowest BCUT2D eigenvalue weighted by Gasteiger charge is -2.24. The number of fused-ring (bicyclic) bond motifs is 1. The molecule has 3 nitrogen and oxygen atoms in total. The molecule has 1 unspecified atom stereocenters. The summed E-state index contributed by atoms with van der Waals surface area (Å²) in [6.07, 6.45) is 3.01. The zero-order valence-corrected chi connectivity index (χ0v) is 13.2. The van der Waals surface area contributed by atoms with E-state index in [0.717, 1.165) is 35.0 Å². The van der Waals surface area contributed by atoms with E-state index in [1.165, 1.54) is 5.56 Å². The molecular weight excluding hydrogens is 328 g/mol. The second-order valence-electron chi connectivity index (χ2n) is 5.37. The van der Waals surface area contributed by atoms with Crippen LogP contribution < -0.4 is 11.1 Å². The van der Waals surface area contributed by atoms with Crippen LogP contribution in [0, 0.1) is 0 Å². The topological polar surface area (TPSA) is 55.1 Å². The minimum Gasteiger partial charge on any atom is -0.398 e. The Kier molecular flexibility index (Phi) is 3.97. The van der Waals surface area contributed by atoms with Crippen molar-refractivity contribution in [2.24, 2.45) is 0 Å². The molecule has 3 N–H and O–H groups in total. The summed E-state index contributed by atoms with van der Waals surface area (Å²) < 4.78 is 0.837. The van der Waals surface area contributed by atoms with Crippen molar-refractivity contribution in [1.82, 2.24) is 0 Å². The van der Waals surface area contributed by atoms with E-state index in [1.54, 1.807) is 6.07 Å². The average molecular weight is 345 g/mol. The summed E-state index contributed by atoms with van der Waals surface area (Å²) in [6.45, 7) is 0. The number of amides is 1. The molecule has 0 spiro atoms. The first-order chi connectivity index (χ1) is 10.1. The highest BCUT2D eigenvalue weighted by atomic mass is 79.9. The first kappa shape index (κ1) is 14.1. The number of carbonyl (C=O) groups excluding carboxylic acids is 1. The van der Waals surface area contributed by atoms with E-state index in [9.17, 15) is 4.79 Å². The Balaban J connectivity index is 1.81. The highest BCUT2D eigenvalue weighted by molar-refractivity contribution is 9.10. The van der Waals surface area contributed by atoms with Gasteiger partial charge in [-0.25, -0.2) is 0 Å². The number of rotatable bonds is 2. The molecule has 108 valence electrons. The number of hydrogen-bond donors (Lipinski definition) is 2. The van der Waals surface area contributed by atoms with Crippen molar-refractivity contribution in [2.75, 3.05) is 11.1 Å². The normalized spacial score (nSPS) is 17.1. The van der Waals surface area contributed by atoms with Crippen LogP contribution in [-0.2, 0) is 11.2 Å². The summed E-state index contributed by atoms with van der Waals surface area (Å²) in [5.74, 6) is -0.0244. The third-order valence-electron chi connectivity index (χ3n) is 3.95. The van der Waals surface area contributed by atoms with Crippen LogP contribution in [0.25, 0.3) is 0 Å². The minimum absolute atomic E-state index is 0.0453. The van der Waals surface area contributed by atoms with Gasteiger partial charge in [-0.2, -0.15) is 0 Å². The van der Waals surface area contributed by atoms with Crippen LogP contribution in [0.3, 0.4) is 0 Å². The molecule has 0 bridgehead atoms. The van der Waals surface area contributed by atoms with E-state index < -0.39 is 0 Å². The maximum atomic E-state index is 12.6. The number of nitrogens with one attached hydrogen (secondary N) is 1. The predicted octanol–water partition coefficient (Wildman–Crippen LogP) is 4.09. The lowest BCUT2D eigenvalue weighted by Crippen LogP contribution is -2.24. The van der Waals surface area contributed by atoms with Crippen LogP contribution in [0.5, 0.6) is 0 Å². The summed E-state index contributed by atoms with van der Waals surface area (Å²) in [4.78, 5) is 12.6. The number of aryl methyl sites for hydroxylation is 1. The Labute approximate surface area is 132 Å². The minimum atomic E-state index is -0.0696. The van der Waals surface area contributed by atoms with E-state index in [0.29, 0.717) is 5.69 Å². The monoisotopic (exact) mass is 344 g/mol. The molecule has 0 saturated carbocycles. The maximum Gasteiger partial charge on any atom is 0.231 e. The second kappa shape index (κ2) is 5.90. The van der Waals surface area contributed by atoms with Crippen LogP contribution in [0.2, 0.25) is 0 Å². The van der Waals surface area contributed by atoms with Crippen LogP contribution in [0.1, 0.15) is 29.9 Å². The van der Waals surface area contributed by atoms with Gasteiger partial charge in [0.15, 0.2) is 0 Å². The summed E-state index contributed by atoms with van der Waals surface area (Å²) in [7, 11) is 0. The van der Waals surface area contributed by atoms with E-state index >= 15 is 0 Å². The van der Waals surface area contributed by atoms with Gasteiger partial charge in [0.1, 0.15) is 0 Å². The van der Waals surface area contributed by atoms with Crippen molar-refractivity contribution in [3.8, 4) is 0 Å². The molecule has 0 heterocycles. The molecular formula is C17H17BrN2O. The standard InChI is InChI=1S/C17H17BrN2O/c18-15-9-8-12(10-16(15)19)20-17(21)14-7-3-5-11-4-1-2-6-13(11)14/h1-2,4,6,8-10,14H,3,5,7,19H2,(H,20,21). The van der Waals surface area contributed by atoms with Crippen LogP contribution in [0.4, 0.5) is 11.4 Å². The molecule has 0 aromatic heterocycles. The van der Waals surface area contributed by atoms with Gasteiger partial charge in [0.2, 0.25) is 5.91 Å². The lowest BCUT2D eigenvalue weighted by molar-refractivity contribution is -0.117. The van der Waals surface area contributed by atoms with Gasteiger partial charge in [-0.1, -0.05) is 24.3 Å². The van der Waals surface area contributed by atoms with Crippen LogP contribution >= 0.6 is 15.9 Å². The Bertz CT molecular complexity index is 684. The number of nitrogen functional groups attached to an aromatic ring is 1. The number of nitrogens with two attached hydrogens (primary N) is 1. The Morgan fingerprint density at radius 1 is 1.24 bits per heavy atom. The van der Waals surface area contributed by atoms with Gasteiger partial charge >= 0.3 is 0 Å². The fraction of sp³-hybridized carbons (Fsp3) is 0.235. The van der Waals surface area contributed by atoms with Gasteiger partial charge in [0.05, 0.1) is 5.92 Å².